The fourth-order valence-corrected chi connectivity index (χ4v) is 4.84. The monoisotopic (exact) mass is 444 g/mol. The molecule has 6 heteroatoms. The highest BCUT2D eigenvalue weighted by Gasteiger charge is 2.27. The number of benzene rings is 2. The van der Waals surface area contributed by atoms with Crippen LogP contribution >= 0.6 is 0 Å². The van der Waals surface area contributed by atoms with Gasteiger partial charge in [-0.25, -0.2) is 8.42 Å². The Morgan fingerprint density at radius 1 is 0.935 bits per heavy atom. The number of amides is 1. The molecule has 0 radical (unpaired) electrons. The SMILES string of the molecule is Cc1ccc(N(Cc2ccc(C(=O)NC(C)(C)CC(C)(C)C)cc2)S(C)(=O)=O)cc1C. The van der Waals surface area contributed by atoms with Crippen molar-refractivity contribution in [2.75, 3.05) is 10.6 Å². The van der Waals surface area contributed by atoms with E-state index in [0.717, 1.165) is 23.1 Å². The summed E-state index contributed by atoms with van der Waals surface area (Å²) in [5.74, 6) is -0.130. The number of hydrogen-bond acceptors (Lipinski definition) is 3. The van der Waals surface area contributed by atoms with Gasteiger partial charge in [0.1, 0.15) is 0 Å². The van der Waals surface area contributed by atoms with Crippen LogP contribution in [0.4, 0.5) is 5.69 Å². The number of carbonyl (C=O) groups excluding carboxylic acids is 1. The van der Waals surface area contributed by atoms with E-state index in [0.29, 0.717) is 11.3 Å². The fourth-order valence-electron chi connectivity index (χ4n) is 3.96. The summed E-state index contributed by atoms with van der Waals surface area (Å²) in [4.78, 5) is 12.7. The summed E-state index contributed by atoms with van der Waals surface area (Å²) in [5, 5.41) is 3.11. The van der Waals surface area contributed by atoms with Gasteiger partial charge in [-0.1, -0.05) is 39.0 Å². The van der Waals surface area contributed by atoms with Gasteiger partial charge < -0.3 is 5.32 Å². The highest BCUT2D eigenvalue weighted by atomic mass is 32.2. The molecule has 1 amide bonds. The van der Waals surface area contributed by atoms with Crippen molar-refractivity contribution in [1.82, 2.24) is 5.32 Å². The number of nitrogens with one attached hydrogen (secondary N) is 1. The van der Waals surface area contributed by atoms with Crippen LogP contribution in [0.2, 0.25) is 0 Å². The van der Waals surface area contributed by atoms with Crippen LogP contribution in [0.1, 0.15) is 68.1 Å². The molecule has 0 spiro atoms. The third kappa shape index (κ3) is 7.39. The van der Waals surface area contributed by atoms with Gasteiger partial charge >= 0.3 is 0 Å². The molecule has 0 aliphatic heterocycles. The second-order valence-corrected chi connectivity index (χ2v) is 12.2. The largest absolute Gasteiger partial charge is 0.347 e. The zero-order chi connectivity index (χ0) is 23.6. The number of aryl methyl sites for hydroxylation is 2. The van der Waals surface area contributed by atoms with Crippen molar-refractivity contribution in [3.63, 3.8) is 0 Å². The van der Waals surface area contributed by atoms with Crippen LogP contribution in [-0.4, -0.2) is 26.1 Å². The van der Waals surface area contributed by atoms with E-state index in [1.807, 2.05) is 58.0 Å². The van der Waals surface area contributed by atoms with Crippen LogP contribution in [0.5, 0.6) is 0 Å². The summed E-state index contributed by atoms with van der Waals surface area (Å²) in [6.07, 6.45) is 2.06. The van der Waals surface area contributed by atoms with Crippen LogP contribution < -0.4 is 9.62 Å². The molecule has 0 bridgehead atoms. The van der Waals surface area contributed by atoms with E-state index < -0.39 is 10.0 Å². The Morgan fingerprint density at radius 2 is 1.52 bits per heavy atom. The van der Waals surface area contributed by atoms with Crippen LogP contribution in [-0.2, 0) is 16.6 Å². The van der Waals surface area contributed by atoms with Crippen molar-refractivity contribution < 1.29 is 13.2 Å². The number of rotatable bonds is 7. The number of hydrogen-bond donors (Lipinski definition) is 1. The van der Waals surface area contributed by atoms with E-state index in [-0.39, 0.29) is 23.4 Å². The predicted octanol–water partition coefficient (Wildman–Crippen LogP) is 5.21. The molecule has 1 N–H and O–H groups in total. The fraction of sp³-hybridized carbons (Fsp3) is 0.480. The van der Waals surface area contributed by atoms with E-state index >= 15 is 0 Å². The molecule has 0 fully saturated rings. The quantitative estimate of drug-likeness (QED) is 0.637. The number of sulfonamides is 1. The van der Waals surface area contributed by atoms with Crippen molar-refractivity contribution in [3.05, 3.63) is 64.7 Å². The highest BCUT2D eigenvalue weighted by Crippen LogP contribution is 2.27. The highest BCUT2D eigenvalue weighted by molar-refractivity contribution is 7.92. The van der Waals surface area contributed by atoms with E-state index in [9.17, 15) is 13.2 Å². The topological polar surface area (TPSA) is 66.5 Å². The summed E-state index contributed by atoms with van der Waals surface area (Å²) >= 11 is 0. The van der Waals surface area contributed by atoms with Crippen molar-refractivity contribution in [2.45, 2.75) is 67.0 Å². The Kier molecular flexibility index (Phi) is 7.26. The molecule has 31 heavy (non-hydrogen) atoms. The average Bonchev–Trinajstić information content (AvgIpc) is 2.59. The minimum absolute atomic E-state index is 0.101. The summed E-state index contributed by atoms with van der Waals surface area (Å²) < 4.78 is 26.3. The van der Waals surface area contributed by atoms with Gasteiger partial charge in [0, 0.05) is 11.1 Å². The Balaban J connectivity index is 2.19. The lowest BCUT2D eigenvalue weighted by Gasteiger charge is -2.33. The van der Waals surface area contributed by atoms with Gasteiger partial charge in [0.15, 0.2) is 0 Å². The molecule has 0 aliphatic rings. The summed E-state index contributed by atoms with van der Waals surface area (Å²) in [7, 11) is -3.46. The Labute approximate surface area is 187 Å². The van der Waals surface area contributed by atoms with Crippen molar-refractivity contribution in [2.24, 2.45) is 5.41 Å². The molecule has 2 aromatic rings. The third-order valence-electron chi connectivity index (χ3n) is 5.15. The first-order valence-corrected chi connectivity index (χ1v) is 12.4. The van der Waals surface area contributed by atoms with E-state index in [1.54, 1.807) is 12.1 Å². The standard InChI is InChI=1S/C25H36N2O3S/c1-18-9-14-22(15-19(18)2)27(31(8,29)30)16-20-10-12-21(13-11-20)23(28)26-25(6,7)17-24(3,4)5/h9-15H,16-17H2,1-8H3,(H,26,28). The first kappa shape index (κ1) is 24.9. The minimum atomic E-state index is -3.46. The first-order chi connectivity index (χ1) is 14.1. The van der Waals surface area contributed by atoms with Gasteiger partial charge in [0.05, 0.1) is 18.5 Å². The molecule has 5 nitrogen and oxygen atoms in total. The van der Waals surface area contributed by atoms with Crippen LogP contribution in [0.25, 0.3) is 0 Å². The van der Waals surface area contributed by atoms with E-state index in [1.165, 1.54) is 10.6 Å². The lowest BCUT2D eigenvalue weighted by molar-refractivity contribution is 0.0891. The predicted molar refractivity (Wildman–Crippen MR) is 129 cm³/mol. The van der Waals surface area contributed by atoms with Gasteiger partial charge in [0.2, 0.25) is 10.0 Å². The maximum Gasteiger partial charge on any atom is 0.251 e. The van der Waals surface area contributed by atoms with Gasteiger partial charge in [-0.3, -0.25) is 9.10 Å². The lowest BCUT2D eigenvalue weighted by Crippen LogP contribution is -2.45. The molecule has 0 saturated heterocycles. The van der Waals surface area contributed by atoms with Gasteiger partial charge in [-0.05, 0) is 80.5 Å². The second kappa shape index (κ2) is 9.03. The molecule has 0 aromatic heterocycles. The third-order valence-corrected chi connectivity index (χ3v) is 6.29. The molecule has 0 aliphatic carbocycles. The smallest absolute Gasteiger partial charge is 0.251 e. The second-order valence-electron chi connectivity index (χ2n) is 10.3. The van der Waals surface area contributed by atoms with Crippen LogP contribution in [0, 0.1) is 19.3 Å². The molecule has 2 aromatic carbocycles. The van der Waals surface area contributed by atoms with Gasteiger partial charge in [0.25, 0.3) is 5.91 Å². The first-order valence-electron chi connectivity index (χ1n) is 10.5. The molecular weight excluding hydrogens is 408 g/mol. The lowest BCUT2D eigenvalue weighted by atomic mass is 9.81. The molecule has 0 saturated carbocycles. The Morgan fingerprint density at radius 3 is 2.00 bits per heavy atom. The molecule has 2 rings (SSSR count). The molecule has 0 unspecified atom stereocenters. The van der Waals surface area contributed by atoms with Gasteiger partial charge in [-0.2, -0.15) is 0 Å². The van der Waals surface area contributed by atoms with E-state index in [2.05, 4.69) is 26.1 Å². The Hall–Kier alpha value is -2.34. The molecular formula is C25H36N2O3S. The normalized spacial score (nSPS) is 12.5. The number of anilines is 1. The molecule has 0 heterocycles. The molecule has 0 atom stereocenters. The van der Waals surface area contributed by atoms with E-state index in [4.69, 9.17) is 0 Å². The van der Waals surface area contributed by atoms with Crippen molar-refractivity contribution in [3.8, 4) is 0 Å². The summed E-state index contributed by atoms with van der Waals surface area (Å²) in [5.41, 5.74) is 3.93. The average molecular weight is 445 g/mol. The minimum Gasteiger partial charge on any atom is -0.347 e. The number of carbonyl (C=O) groups is 1. The summed E-state index contributed by atoms with van der Waals surface area (Å²) in [6, 6.07) is 12.8. The Bertz CT molecular complexity index is 1030. The van der Waals surface area contributed by atoms with Gasteiger partial charge in [-0.15, -0.1) is 0 Å². The summed E-state index contributed by atoms with van der Waals surface area (Å²) in [6.45, 7) is 14.7. The zero-order valence-corrected chi connectivity index (χ0v) is 20.9. The maximum absolute atomic E-state index is 12.7. The maximum atomic E-state index is 12.7. The molecule has 170 valence electrons. The zero-order valence-electron chi connectivity index (χ0n) is 20.0. The number of nitrogens with zero attached hydrogens (tertiary/aromatic N) is 1. The van der Waals surface area contributed by atoms with Crippen molar-refractivity contribution >= 4 is 21.6 Å². The van der Waals surface area contributed by atoms with Crippen LogP contribution in [0.15, 0.2) is 42.5 Å². The van der Waals surface area contributed by atoms with Crippen LogP contribution in [0.3, 0.4) is 0 Å². The van der Waals surface area contributed by atoms with Crippen molar-refractivity contribution in [1.29, 1.82) is 0 Å².